The lowest BCUT2D eigenvalue weighted by molar-refractivity contribution is -0.116. The van der Waals surface area contributed by atoms with Gasteiger partial charge in [0.25, 0.3) is 0 Å². The van der Waals surface area contributed by atoms with E-state index in [4.69, 9.17) is 13.9 Å². The second-order valence-corrected chi connectivity index (χ2v) is 7.22. The van der Waals surface area contributed by atoms with Crippen LogP contribution in [0.5, 0.6) is 11.5 Å². The fraction of sp³-hybridized carbons (Fsp3) is 0.150. The highest BCUT2D eigenvalue weighted by Crippen LogP contribution is 2.35. The first-order valence-corrected chi connectivity index (χ1v) is 9.79. The maximum absolute atomic E-state index is 12.4. The minimum atomic E-state index is -0.572. The van der Waals surface area contributed by atoms with Crippen LogP contribution in [-0.4, -0.2) is 28.7 Å². The Hall–Kier alpha value is -3.59. The highest BCUT2D eigenvalue weighted by atomic mass is 32.1. The van der Waals surface area contributed by atoms with E-state index in [2.05, 4.69) is 10.3 Å². The van der Waals surface area contributed by atoms with Gasteiger partial charge in [-0.3, -0.25) is 9.36 Å². The summed E-state index contributed by atoms with van der Waals surface area (Å²) in [6, 6.07) is 12.6. The van der Waals surface area contributed by atoms with Crippen LogP contribution >= 0.6 is 11.3 Å². The van der Waals surface area contributed by atoms with Gasteiger partial charge in [-0.15, -0.1) is 11.3 Å². The van der Waals surface area contributed by atoms with E-state index in [9.17, 15) is 9.59 Å². The Morgan fingerprint density at radius 3 is 2.86 bits per heavy atom. The first-order valence-electron chi connectivity index (χ1n) is 8.91. The van der Waals surface area contributed by atoms with Crippen molar-refractivity contribution >= 4 is 33.5 Å². The van der Waals surface area contributed by atoms with Crippen LogP contribution in [0.25, 0.3) is 22.4 Å². The van der Waals surface area contributed by atoms with Crippen LogP contribution in [-0.2, 0) is 11.3 Å². The number of para-hydroxylation sites is 2. The zero-order valence-electron chi connectivity index (χ0n) is 15.1. The number of rotatable bonds is 4. The fourth-order valence-corrected chi connectivity index (χ4v) is 3.87. The monoisotopic (exact) mass is 409 g/mol. The topological polar surface area (TPSA) is 95.6 Å². The number of carbonyl (C=O) groups excluding carboxylic acids is 1. The summed E-state index contributed by atoms with van der Waals surface area (Å²) < 4.78 is 17.6. The Morgan fingerprint density at radius 1 is 1.14 bits per heavy atom. The number of hydrogen-bond donors (Lipinski definition) is 1. The Morgan fingerprint density at radius 2 is 1.97 bits per heavy atom. The van der Waals surface area contributed by atoms with Gasteiger partial charge in [-0.1, -0.05) is 12.1 Å². The number of anilines is 1. The van der Waals surface area contributed by atoms with Crippen LogP contribution < -0.4 is 20.5 Å². The normalized spacial score (nSPS) is 12.8. The molecule has 0 saturated carbocycles. The third kappa shape index (κ3) is 3.36. The van der Waals surface area contributed by atoms with Gasteiger partial charge in [0.2, 0.25) is 5.91 Å². The Bertz CT molecular complexity index is 1270. The maximum Gasteiger partial charge on any atom is 0.420 e. The molecule has 3 heterocycles. The Labute approximate surface area is 168 Å². The summed E-state index contributed by atoms with van der Waals surface area (Å²) in [4.78, 5) is 28.9. The van der Waals surface area contributed by atoms with Gasteiger partial charge < -0.3 is 19.2 Å². The number of carbonyl (C=O) groups is 1. The first-order chi connectivity index (χ1) is 14.2. The van der Waals surface area contributed by atoms with Crippen LogP contribution in [0.2, 0.25) is 0 Å². The van der Waals surface area contributed by atoms with Crippen LogP contribution in [0.1, 0.15) is 0 Å². The molecule has 4 aromatic rings. The van der Waals surface area contributed by atoms with Crippen molar-refractivity contribution in [3.63, 3.8) is 0 Å². The second kappa shape index (κ2) is 7.10. The van der Waals surface area contributed by atoms with Gasteiger partial charge in [0.05, 0.1) is 11.2 Å². The quantitative estimate of drug-likeness (QED) is 0.556. The number of fused-ring (bicyclic) bond motifs is 2. The predicted octanol–water partition coefficient (Wildman–Crippen LogP) is 3.13. The molecule has 0 unspecified atom stereocenters. The predicted molar refractivity (Wildman–Crippen MR) is 108 cm³/mol. The van der Waals surface area contributed by atoms with Gasteiger partial charge in [0.15, 0.2) is 22.2 Å². The zero-order valence-corrected chi connectivity index (χ0v) is 15.9. The summed E-state index contributed by atoms with van der Waals surface area (Å²) in [7, 11) is 0. The summed E-state index contributed by atoms with van der Waals surface area (Å²) >= 11 is 1.30. The molecule has 2 aromatic carbocycles. The SMILES string of the molecule is O=C(Cn1c(=O)oc2ccccc21)Nc1nc(-c2ccc3c(c2)OCCO3)cs1. The average Bonchev–Trinajstić information content (AvgIpc) is 3.32. The molecule has 1 aliphatic rings. The largest absolute Gasteiger partial charge is 0.486 e. The number of nitrogens with zero attached hydrogens (tertiary/aromatic N) is 2. The zero-order chi connectivity index (χ0) is 19.8. The van der Waals surface area contributed by atoms with Gasteiger partial charge >= 0.3 is 5.76 Å². The van der Waals surface area contributed by atoms with E-state index in [1.807, 2.05) is 23.6 Å². The summed E-state index contributed by atoms with van der Waals surface area (Å²) in [5.74, 6) is 0.458. The number of aromatic nitrogens is 2. The molecule has 1 aliphatic heterocycles. The molecule has 0 saturated heterocycles. The number of hydrogen-bond acceptors (Lipinski definition) is 7. The Kier molecular flexibility index (Phi) is 4.28. The molecular formula is C20H15N3O5S. The number of benzene rings is 2. The van der Waals surface area contributed by atoms with Crippen LogP contribution in [0.3, 0.4) is 0 Å². The van der Waals surface area contributed by atoms with Gasteiger partial charge in [-0.2, -0.15) is 0 Å². The summed E-state index contributed by atoms with van der Waals surface area (Å²) in [6.07, 6.45) is 0. The van der Waals surface area contributed by atoms with Crippen molar-refractivity contribution in [3.8, 4) is 22.8 Å². The van der Waals surface area contributed by atoms with Gasteiger partial charge in [0.1, 0.15) is 19.8 Å². The lowest BCUT2D eigenvalue weighted by atomic mass is 10.1. The third-order valence-corrected chi connectivity index (χ3v) is 5.22. The third-order valence-electron chi connectivity index (χ3n) is 4.46. The summed E-state index contributed by atoms with van der Waals surface area (Å²) in [5, 5.41) is 5.03. The lowest BCUT2D eigenvalue weighted by Gasteiger charge is -2.18. The second-order valence-electron chi connectivity index (χ2n) is 6.37. The molecule has 9 heteroatoms. The molecule has 5 rings (SSSR count). The molecular weight excluding hydrogens is 394 g/mol. The van der Waals surface area contributed by atoms with Crippen LogP contribution in [0, 0.1) is 0 Å². The molecule has 0 radical (unpaired) electrons. The molecule has 0 spiro atoms. The van der Waals surface area contributed by atoms with Crippen LogP contribution in [0.4, 0.5) is 5.13 Å². The van der Waals surface area contributed by atoms with Crippen molar-refractivity contribution in [2.75, 3.05) is 18.5 Å². The van der Waals surface area contributed by atoms with E-state index in [1.165, 1.54) is 15.9 Å². The minimum Gasteiger partial charge on any atom is -0.486 e. The van der Waals surface area contributed by atoms with Crippen molar-refractivity contribution in [2.45, 2.75) is 6.54 Å². The standard InChI is InChI=1S/C20H15N3O5S/c24-18(10-23-14-3-1-2-4-15(14)28-20(23)25)22-19-21-13(11-29-19)12-5-6-16-17(9-12)27-8-7-26-16/h1-6,9,11H,7-8,10H2,(H,21,22,24). The van der Waals surface area contributed by atoms with Crippen molar-refractivity contribution < 1.29 is 18.7 Å². The highest BCUT2D eigenvalue weighted by molar-refractivity contribution is 7.14. The van der Waals surface area contributed by atoms with E-state index in [-0.39, 0.29) is 12.5 Å². The van der Waals surface area contributed by atoms with Gasteiger partial charge in [-0.25, -0.2) is 9.78 Å². The van der Waals surface area contributed by atoms with Crippen molar-refractivity contribution in [3.05, 3.63) is 58.4 Å². The van der Waals surface area contributed by atoms with E-state index in [0.29, 0.717) is 46.6 Å². The molecule has 0 fully saturated rings. The van der Waals surface area contributed by atoms with Gasteiger partial charge in [0, 0.05) is 10.9 Å². The molecule has 0 bridgehead atoms. The molecule has 0 aliphatic carbocycles. The number of nitrogens with one attached hydrogen (secondary N) is 1. The lowest BCUT2D eigenvalue weighted by Crippen LogP contribution is -2.24. The highest BCUT2D eigenvalue weighted by Gasteiger charge is 2.16. The number of amides is 1. The summed E-state index contributed by atoms with van der Waals surface area (Å²) in [6.45, 7) is 0.889. The minimum absolute atomic E-state index is 0.158. The van der Waals surface area contributed by atoms with E-state index >= 15 is 0 Å². The van der Waals surface area contributed by atoms with Crippen molar-refractivity contribution in [1.82, 2.24) is 9.55 Å². The first kappa shape index (κ1) is 17.5. The maximum atomic E-state index is 12.4. The molecule has 0 atom stereocenters. The molecule has 8 nitrogen and oxygen atoms in total. The number of ether oxygens (including phenoxy) is 2. The van der Waals surface area contributed by atoms with Gasteiger partial charge in [-0.05, 0) is 30.3 Å². The average molecular weight is 409 g/mol. The van der Waals surface area contributed by atoms with E-state index in [0.717, 1.165) is 5.56 Å². The molecule has 1 amide bonds. The van der Waals surface area contributed by atoms with Crippen molar-refractivity contribution in [1.29, 1.82) is 0 Å². The Balaban J connectivity index is 1.33. The molecule has 29 heavy (non-hydrogen) atoms. The smallest absolute Gasteiger partial charge is 0.420 e. The van der Waals surface area contributed by atoms with Crippen molar-refractivity contribution in [2.24, 2.45) is 0 Å². The molecule has 1 N–H and O–H groups in total. The van der Waals surface area contributed by atoms with Crippen LogP contribution in [0.15, 0.2) is 57.1 Å². The molecule has 2 aromatic heterocycles. The van der Waals surface area contributed by atoms with E-state index in [1.54, 1.807) is 24.3 Å². The van der Waals surface area contributed by atoms with E-state index < -0.39 is 5.76 Å². The summed E-state index contributed by atoms with van der Waals surface area (Å²) in [5.41, 5.74) is 2.60. The number of oxazole rings is 1. The fourth-order valence-electron chi connectivity index (χ4n) is 3.13. The molecule has 146 valence electrons. The number of thiazole rings is 1.